The molecule has 0 radical (unpaired) electrons. The second-order valence-electron chi connectivity index (χ2n) is 5.43. The highest BCUT2D eigenvalue weighted by Crippen LogP contribution is 2.23. The predicted molar refractivity (Wildman–Crippen MR) is 86.6 cm³/mol. The molecule has 3 heteroatoms. The summed E-state index contributed by atoms with van der Waals surface area (Å²) < 4.78 is 5.70. The quantitative estimate of drug-likeness (QED) is 0.838. The van der Waals surface area contributed by atoms with Crippen molar-refractivity contribution in [1.29, 1.82) is 0 Å². The second kappa shape index (κ2) is 7.14. The molecule has 21 heavy (non-hydrogen) atoms. The van der Waals surface area contributed by atoms with Crippen LogP contribution in [0.25, 0.3) is 0 Å². The lowest BCUT2D eigenvalue weighted by Gasteiger charge is -2.15. The molecule has 0 amide bonds. The summed E-state index contributed by atoms with van der Waals surface area (Å²) in [5.41, 5.74) is 3.02. The lowest BCUT2D eigenvalue weighted by Crippen LogP contribution is -2.07. The van der Waals surface area contributed by atoms with E-state index in [1.54, 1.807) is 6.92 Å². The lowest BCUT2D eigenvalue weighted by molar-refractivity contribution is 0.200. The number of hydrogen-bond donors (Lipinski definition) is 2. The summed E-state index contributed by atoms with van der Waals surface area (Å²) in [5.74, 6) is 0.883. The van der Waals surface area contributed by atoms with Gasteiger partial charge < -0.3 is 15.2 Å². The molecule has 0 aliphatic rings. The van der Waals surface area contributed by atoms with Crippen LogP contribution in [0.5, 0.6) is 5.75 Å². The van der Waals surface area contributed by atoms with Crippen LogP contribution >= 0.6 is 0 Å². The smallest absolute Gasteiger partial charge is 0.120 e. The van der Waals surface area contributed by atoms with E-state index in [1.165, 1.54) is 0 Å². The van der Waals surface area contributed by atoms with Gasteiger partial charge in [0.05, 0.1) is 12.2 Å². The minimum atomic E-state index is -0.482. The Labute approximate surface area is 126 Å². The third kappa shape index (κ3) is 4.50. The van der Waals surface area contributed by atoms with E-state index in [2.05, 4.69) is 11.4 Å². The van der Waals surface area contributed by atoms with Crippen molar-refractivity contribution in [2.45, 2.75) is 39.5 Å². The van der Waals surface area contributed by atoms with Gasteiger partial charge in [-0.15, -0.1) is 0 Å². The van der Waals surface area contributed by atoms with E-state index in [0.717, 1.165) is 22.6 Å². The lowest BCUT2D eigenvalue weighted by atomic mass is 10.1. The standard InChI is InChI=1S/C18H23NO2/c1-13(2)21-16-8-6-7-15(11-16)12-19-18-10-5-4-9-17(18)14(3)20/h4-11,13-14,19-20H,12H2,1-3H3. The molecule has 0 bridgehead atoms. The van der Waals surface area contributed by atoms with E-state index in [4.69, 9.17) is 4.74 Å². The molecule has 0 aliphatic heterocycles. The predicted octanol–water partition coefficient (Wildman–Crippen LogP) is 4.14. The van der Waals surface area contributed by atoms with Gasteiger partial charge in [-0.1, -0.05) is 30.3 Å². The topological polar surface area (TPSA) is 41.5 Å². The minimum Gasteiger partial charge on any atom is -0.491 e. The molecule has 0 aliphatic carbocycles. The summed E-state index contributed by atoms with van der Waals surface area (Å²) in [4.78, 5) is 0. The molecule has 1 atom stereocenters. The molecule has 1 unspecified atom stereocenters. The van der Waals surface area contributed by atoms with E-state index < -0.39 is 6.10 Å². The van der Waals surface area contributed by atoms with E-state index in [9.17, 15) is 5.11 Å². The summed E-state index contributed by atoms with van der Waals surface area (Å²) in [7, 11) is 0. The number of nitrogens with one attached hydrogen (secondary N) is 1. The van der Waals surface area contributed by atoms with Crippen molar-refractivity contribution in [3.63, 3.8) is 0 Å². The highest BCUT2D eigenvalue weighted by Gasteiger charge is 2.07. The van der Waals surface area contributed by atoms with Crippen LogP contribution < -0.4 is 10.1 Å². The van der Waals surface area contributed by atoms with Crippen molar-refractivity contribution in [3.05, 3.63) is 59.7 Å². The van der Waals surface area contributed by atoms with Gasteiger partial charge in [0.2, 0.25) is 0 Å². The normalized spacial score (nSPS) is 12.2. The Morgan fingerprint density at radius 1 is 1.05 bits per heavy atom. The summed E-state index contributed by atoms with van der Waals surface area (Å²) in [6, 6.07) is 15.9. The van der Waals surface area contributed by atoms with Crippen molar-refractivity contribution in [2.24, 2.45) is 0 Å². The van der Waals surface area contributed by atoms with Crippen LogP contribution in [0.1, 0.15) is 38.0 Å². The van der Waals surface area contributed by atoms with E-state index >= 15 is 0 Å². The van der Waals surface area contributed by atoms with Crippen LogP contribution in [0.3, 0.4) is 0 Å². The molecule has 3 nitrogen and oxygen atoms in total. The molecule has 0 heterocycles. The van der Waals surface area contributed by atoms with Crippen molar-refractivity contribution in [3.8, 4) is 5.75 Å². The number of anilines is 1. The average molecular weight is 285 g/mol. The number of hydrogen-bond acceptors (Lipinski definition) is 3. The SMILES string of the molecule is CC(C)Oc1cccc(CNc2ccccc2C(C)O)c1. The van der Waals surface area contributed by atoms with Crippen molar-refractivity contribution in [2.75, 3.05) is 5.32 Å². The maximum atomic E-state index is 9.78. The van der Waals surface area contributed by atoms with Gasteiger partial charge in [-0.05, 0) is 44.5 Å². The van der Waals surface area contributed by atoms with Crippen LogP contribution in [0.4, 0.5) is 5.69 Å². The van der Waals surface area contributed by atoms with Gasteiger partial charge in [-0.2, -0.15) is 0 Å². The van der Waals surface area contributed by atoms with Crippen LogP contribution in [0.15, 0.2) is 48.5 Å². The zero-order chi connectivity index (χ0) is 15.2. The molecule has 0 aromatic heterocycles. The fourth-order valence-electron chi connectivity index (χ4n) is 2.22. The molecular weight excluding hydrogens is 262 g/mol. The Balaban J connectivity index is 2.06. The minimum absolute atomic E-state index is 0.171. The van der Waals surface area contributed by atoms with Crippen molar-refractivity contribution >= 4 is 5.69 Å². The first-order valence-electron chi connectivity index (χ1n) is 7.32. The third-order valence-electron chi connectivity index (χ3n) is 3.16. The van der Waals surface area contributed by atoms with Crippen LogP contribution in [0.2, 0.25) is 0 Å². The van der Waals surface area contributed by atoms with Gasteiger partial charge in [0.15, 0.2) is 0 Å². The molecule has 2 rings (SSSR count). The van der Waals surface area contributed by atoms with E-state index in [1.807, 2.05) is 56.3 Å². The number of aliphatic hydroxyl groups is 1. The zero-order valence-electron chi connectivity index (χ0n) is 12.8. The second-order valence-corrected chi connectivity index (χ2v) is 5.43. The van der Waals surface area contributed by atoms with Gasteiger partial charge >= 0.3 is 0 Å². The Morgan fingerprint density at radius 3 is 2.52 bits per heavy atom. The Hall–Kier alpha value is -2.00. The number of aliphatic hydroxyl groups excluding tert-OH is 1. The molecule has 0 saturated heterocycles. The van der Waals surface area contributed by atoms with Gasteiger partial charge in [-0.25, -0.2) is 0 Å². The summed E-state index contributed by atoms with van der Waals surface area (Å²) in [5, 5.41) is 13.2. The number of rotatable bonds is 6. The molecule has 0 fully saturated rings. The highest BCUT2D eigenvalue weighted by molar-refractivity contribution is 5.52. The van der Waals surface area contributed by atoms with Crippen LogP contribution in [-0.2, 0) is 6.54 Å². The molecule has 0 saturated carbocycles. The summed E-state index contributed by atoms with van der Waals surface area (Å²) in [6.07, 6.45) is -0.312. The first-order valence-corrected chi connectivity index (χ1v) is 7.32. The van der Waals surface area contributed by atoms with Crippen LogP contribution in [0, 0.1) is 0 Å². The monoisotopic (exact) mass is 285 g/mol. The fraction of sp³-hybridized carbons (Fsp3) is 0.333. The van der Waals surface area contributed by atoms with E-state index in [-0.39, 0.29) is 6.10 Å². The summed E-state index contributed by atoms with van der Waals surface area (Å²) in [6.45, 7) is 6.50. The maximum absolute atomic E-state index is 9.78. The molecule has 2 aromatic rings. The average Bonchev–Trinajstić information content (AvgIpc) is 2.45. The molecule has 112 valence electrons. The molecule has 0 spiro atoms. The van der Waals surface area contributed by atoms with Crippen molar-refractivity contribution in [1.82, 2.24) is 0 Å². The summed E-state index contributed by atoms with van der Waals surface area (Å²) >= 11 is 0. The van der Waals surface area contributed by atoms with E-state index in [0.29, 0.717) is 6.54 Å². The molecular formula is C18H23NO2. The van der Waals surface area contributed by atoms with Gasteiger partial charge in [-0.3, -0.25) is 0 Å². The zero-order valence-corrected chi connectivity index (χ0v) is 12.8. The fourth-order valence-corrected chi connectivity index (χ4v) is 2.22. The largest absolute Gasteiger partial charge is 0.491 e. The highest BCUT2D eigenvalue weighted by atomic mass is 16.5. The molecule has 2 aromatic carbocycles. The Morgan fingerprint density at radius 2 is 1.81 bits per heavy atom. The third-order valence-corrected chi connectivity index (χ3v) is 3.16. The first kappa shape index (κ1) is 15.4. The van der Waals surface area contributed by atoms with Gasteiger partial charge in [0, 0.05) is 17.8 Å². The van der Waals surface area contributed by atoms with Gasteiger partial charge in [0.1, 0.15) is 5.75 Å². The number of ether oxygens (including phenoxy) is 1. The maximum Gasteiger partial charge on any atom is 0.120 e. The first-order chi connectivity index (χ1) is 10.1. The molecule has 2 N–H and O–H groups in total. The van der Waals surface area contributed by atoms with Crippen LogP contribution in [-0.4, -0.2) is 11.2 Å². The Kier molecular flexibility index (Phi) is 5.23. The number of para-hydroxylation sites is 1. The van der Waals surface area contributed by atoms with Crippen molar-refractivity contribution < 1.29 is 9.84 Å². The number of benzene rings is 2. The Bertz CT molecular complexity index is 579. The van der Waals surface area contributed by atoms with Gasteiger partial charge in [0.25, 0.3) is 0 Å².